The summed E-state index contributed by atoms with van der Waals surface area (Å²) in [5.41, 5.74) is 6.00. The Kier molecular flexibility index (Phi) is 7.65. The summed E-state index contributed by atoms with van der Waals surface area (Å²) in [7, 11) is 2.55. The summed E-state index contributed by atoms with van der Waals surface area (Å²) in [6, 6.07) is 2.97. The van der Waals surface area contributed by atoms with E-state index in [2.05, 4.69) is 14.8 Å². The highest BCUT2D eigenvalue weighted by Crippen LogP contribution is 2.25. The van der Waals surface area contributed by atoms with Crippen molar-refractivity contribution < 1.29 is 37.0 Å². The summed E-state index contributed by atoms with van der Waals surface area (Å²) < 4.78 is 49.7. The Bertz CT molecular complexity index is 578. The number of benzene rings is 1. The maximum absolute atomic E-state index is 12.2. The zero-order valence-corrected chi connectivity index (χ0v) is 13.6. The van der Waals surface area contributed by atoms with E-state index < -0.39 is 36.1 Å². The summed E-state index contributed by atoms with van der Waals surface area (Å²) in [5, 5.41) is 2.54. The molecule has 1 aromatic carbocycles. The molecule has 2 atom stereocenters. The molecule has 0 bridgehead atoms. The van der Waals surface area contributed by atoms with Gasteiger partial charge >= 0.3 is 12.3 Å². The van der Waals surface area contributed by atoms with E-state index in [1.54, 1.807) is 0 Å². The second-order valence-electron chi connectivity index (χ2n) is 5.02. The van der Waals surface area contributed by atoms with Crippen LogP contribution in [0.4, 0.5) is 13.2 Å². The van der Waals surface area contributed by atoms with E-state index in [0.29, 0.717) is 5.56 Å². The van der Waals surface area contributed by atoms with Gasteiger partial charge in [-0.15, -0.1) is 13.2 Å². The van der Waals surface area contributed by atoms with Crippen LogP contribution in [0, 0.1) is 0 Å². The Balaban J connectivity index is 2.91. The van der Waals surface area contributed by atoms with Crippen LogP contribution in [0.2, 0.25) is 0 Å². The number of methoxy groups -OCH3 is 2. The lowest BCUT2D eigenvalue weighted by Gasteiger charge is -2.21. The van der Waals surface area contributed by atoms with Crippen molar-refractivity contribution in [1.82, 2.24) is 5.32 Å². The van der Waals surface area contributed by atoms with E-state index in [1.165, 1.54) is 26.4 Å². The first-order valence-electron chi connectivity index (χ1n) is 7.13. The number of nitrogens with one attached hydrogen (secondary N) is 1. The number of carbonyl (C=O) groups is 2. The van der Waals surface area contributed by atoms with Crippen LogP contribution in [0.15, 0.2) is 24.3 Å². The molecule has 0 aromatic heterocycles. The van der Waals surface area contributed by atoms with Gasteiger partial charge in [0, 0.05) is 7.11 Å². The van der Waals surface area contributed by atoms with Crippen LogP contribution in [-0.4, -0.2) is 45.1 Å². The number of ether oxygens (including phenoxy) is 3. The Morgan fingerprint density at radius 1 is 1.20 bits per heavy atom. The summed E-state index contributed by atoms with van der Waals surface area (Å²) >= 11 is 0. The molecule has 0 heterocycles. The fraction of sp³-hybridized carbons (Fsp3) is 0.467. The number of rotatable bonds is 8. The molecule has 25 heavy (non-hydrogen) atoms. The highest BCUT2D eigenvalue weighted by Gasteiger charge is 2.31. The second-order valence-corrected chi connectivity index (χ2v) is 5.02. The third kappa shape index (κ3) is 7.40. The molecule has 0 radical (unpaired) electrons. The SMILES string of the molecule is COCC(N)C(=O)NC(CC(=O)OC)c1ccc(OC(F)(F)F)cc1. The highest BCUT2D eigenvalue weighted by molar-refractivity contribution is 5.82. The van der Waals surface area contributed by atoms with Crippen molar-refractivity contribution in [1.29, 1.82) is 0 Å². The topological polar surface area (TPSA) is 99.9 Å². The molecule has 0 saturated carbocycles. The molecule has 1 amide bonds. The number of hydrogen-bond acceptors (Lipinski definition) is 6. The molecule has 7 nitrogen and oxygen atoms in total. The molecule has 10 heteroatoms. The third-order valence-corrected chi connectivity index (χ3v) is 3.11. The van der Waals surface area contributed by atoms with Crippen molar-refractivity contribution in [3.63, 3.8) is 0 Å². The van der Waals surface area contributed by atoms with Gasteiger partial charge in [-0.25, -0.2) is 0 Å². The largest absolute Gasteiger partial charge is 0.573 e. The van der Waals surface area contributed by atoms with Gasteiger partial charge in [0.2, 0.25) is 5.91 Å². The molecule has 0 saturated heterocycles. The zero-order chi connectivity index (χ0) is 19.0. The van der Waals surface area contributed by atoms with Crippen molar-refractivity contribution in [3.8, 4) is 5.75 Å². The predicted octanol–water partition coefficient (Wildman–Crippen LogP) is 1.28. The van der Waals surface area contributed by atoms with Crippen LogP contribution < -0.4 is 15.8 Å². The minimum Gasteiger partial charge on any atom is -0.469 e. The monoisotopic (exact) mass is 364 g/mol. The molecule has 1 aromatic rings. The molecule has 140 valence electrons. The van der Waals surface area contributed by atoms with Gasteiger partial charge in [-0.05, 0) is 17.7 Å². The first-order valence-corrected chi connectivity index (χ1v) is 7.13. The summed E-state index contributed by atoms with van der Waals surface area (Å²) in [6.45, 7) is -0.0326. The standard InChI is InChI=1S/C15H19F3N2O5/c1-23-8-11(19)14(22)20-12(7-13(21)24-2)9-3-5-10(6-4-9)25-15(16,17)18/h3-6,11-12H,7-8,19H2,1-2H3,(H,20,22). The van der Waals surface area contributed by atoms with Gasteiger partial charge in [0.05, 0.1) is 26.2 Å². The van der Waals surface area contributed by atoms with Crippen LogP contribution in [0.1, 0.15) is 18.0 Å². The van der Waals surface area contributed by atoms with Crippen molar-refractivity contribution in [3.05, 3.63) is 29.8 Å². The van der Waals surface area contributed by atoms with Gasteiger partial charge in [0.25, 0.3) is 0 Å². The lowest BCUT2D eigenvalue weighted by atomic mass is 10.0. The first kappa shape index (κ1) is 20.7. The minimum atomic E-state index is -4.81. The van der Waals surface area contributed by atoms with Crippen LogP contribution >= 0.6 is 0 Å². The Morgan fingerprint density at radius 3 is 2.28 bits per heavy atom. The second kappa shape index (κ2) is 9.23. The molecule has 3 N–H and O–H groups in total. The number of halogens is 3. The molecule has 2 unspecified atom stereocenters. The van der Waals surface area contributed by atoms with Gasteiger partial charge < -0.3 is 25.3 Å². The Morgan fingerprint density at radius 2 is 1.80 bits per heavy atom. The predicted molar refractivity (Wildman–Crippen MR) is 80.5 cm³/mol. The molecule has 1 rings (SSSR count). The smallest absolute Gasteiger partial charge is 0.469 e. The molecule has 0 aliphatic heterocycles. The van der Waals surface area contributed by atoms with E-state index in [0.717, 1.165) is 12.1 Å². The fourth-order valence-corrected chi connectivity index (χ4v) is 1.94. The molecular formula is C15H19F3N2O5. The fourth-order valence-electron chi connectivity index (χ4n) is 1.94. The minimum absolute atomic E-state index is 0.0326. The average Bonchev–Trinajstić information content (AvgIpc) is 2.53. The maximum atomic E-state index is 12.2. The van der Waals surface area contributed by atoms with Gasteiger partial charge in [0.15, 0.2) is 0 Å². The van der Waals surface area contributed by atoms with Crippen molar-refractivity contribution in [2.24, 2.45) is 5.73 Å². The molecule has 0 fully saturated rings. The van der Waals surface area contributed by atoms with Gasteiger partial charge in [-0.2, -0.15) is 0 Å². The van der Waals surface area contributed by atoms with E-state index in [-0.39, 0.29) is 13.0 Å². The summed E-state index contributed by atoms with van der Waals surface area (Å²) in [5.74, 6) is -1.61. The lowest BCUT2D eigenvalue weighted by Crippen LogP contribution is -2.45. The van der Waals surface area contributed by atoms with Crippen LogP contribution in [0.25, 0.3) is 0 Å². The molecule has 0 aliphatic carbocycles. The van der Waals surface area contributed by atoms with Crippen LogP contribution in [0.3, 0.4) is 0 Å². The number of amides is 1. The van der Waals surface area contributed by atoms with Crippen molar-refractivity contribution in [2.45, 2.75) is 24.9 Å². The highest BCUT2D eigenvalue weighted by atomic mass is 19.4. The zero-order valence-electron chi connectivity index (χ0n) is 13.6. The summed E-state index contributed by atoms with van der Waals surface area (Å²) in [6.07, 6.45) is -5.03. The number of hydrogen-bond donors (Lipinski definition) is 2. The Labute approximate surface area is 142 Å². The van der Waals surface area contributed by atoms with Gasteiger partial charge in [0.1, 0.15) is 11.8 Å². The van der Waals surface area contributed by atoms with E-state index >= 15 is 0 Å². The number of carbonyl (C=O) groups excluding carboxylic acids is 2. The van der Waals surface area contributed by atoms with E-state index in [4.69, 9.17) is 10.5 Å². The Hall–Kier alpha value is -2.33. The number of alkyl halides is 3. The maximum Gasteiger partial charge on any atom is 0.573 e. The van der Waals surface area contributed by atoms with Gasteiger partial charge in [-0.3, -0.25) is 9.59 Å². The summed E-state index contributed by atoms with van der Waals surface area (Å²) in [4.78, 5) is 23.5. The lowest BCUT2D eigenvalue weighted by molar-refractivity contribution is -0.274. The normalized spacial score (nSPS) is 13.7. The van der Waals surface area contributed by atoms with Crippen LogP contribution in [0.5, 0.6) is 5.75 Å². The number of nitrogens with two attached hydrogens (primary N) is 1. The quantitative estimate of drug-likeness (QED) is 0.674. The van der Waals surface area contributed by atoms with E-state index in [1.807, 2.05) is 0 Å². The molecule has 0 spiro atoms. The van der Waals surface area contributed by atoms with E-state index in [9.17, 15) is 22.8 Å². The average molecular weight is 364 g/mol. The van der Waals surface area contributed by atoms with Crippen molar-refractivity contribution >= 4 is 11.9 Å². The molecular weight excluding hydrogens is 345 g/mol. The van der Waals surface area contributed by atoms with Crippen LogP contribution in [-0.2, 0) is 19.1 Å². The number of esters is 1. The first-order chi connectivity index (χ1) is 11.7. The van der Waals surface area contributed by atoms with Crippen molar-refractivity contribution in [2.75, 3.05) is 20.8 Å². The van der Waals surface area contributed by atoms with Gasteiger partial charge in [-0.1, -0.05) is 12.1 Å². The third-order valence-electron chi connectivity index (χ3n) is 3.11. The molecule has 0 aliphatic rings.